The van der Waals surface area contributed by atoms with Crippen molar-refractivity contribution in [1.29, 1.82) is 0 Å². The molecule has 132 valence electrons. The zero-order chi connectivity index (χ0) is 17.4. The van der Waals surface area contributed by atoms with Gasteiger partial charge >= 0.3 is 0 Å². The Bertz CT molecular complexity index is 789. The summed E-state index contributed by atoms with van der Waals surface area (Å²) in [7, 11) is 0. The topological polar surface area (TPSA) is 92.1 Å². The molecule has 2 aliphatic rings. The van der Waals surface area contributed by atoms with Crippen LogP contribution in [0.15, 0.2) is 24.3 Å². The molecule has 1 aliphatic carbocycles. The van der Waals surface area contributed by atoms with E-state index in [9.17, 15) is 9.90 Å². The maximum Gasteiger partial charge on any atom is 0.290 e. The summed E-state index contributed by atoms with van der Waals surface area (Å²) < 4.78 is 1.68. The third-order valence-corrected chi connectivity index (χ3v) is 5.01. The van der Waals surface area contributed by atoms with Gasteiger partial charge < -0.3 is 15.7 Å². The van der Waals surface area contributed by atoms with Gasteiger partial charge in [0.25, 0.3) is 5.91 Å². The molecule has 4 rings (SSSR count). The van der Waals surface area contributed by atoms with Crippen LogP contribution in [0.5, 0.6) is 0 Å². The first kappa shape index (κ1) is 16.5. The van der Waals surface area contributed by atoms with Crippen molar-refractivity contribution in [3.05, 3.63) is 40.9 Å². The molecule has 3 N–H and O–H groups in total. The Balaban J connectivity index is 1.55. The lowest BCUT2D eigenvalue weighted by Crippen LogP contribution is -2.34. The minimum atomic E-state index is -0.434. The van der Waals surface area contributed by atoms with Crippen LogP contribution in [-0.4, -0.2) is 51.5 Å². The summed E-state index contributed by atoms with van der Waals surface area (Å²) in [5.74, 6) is 0.929. The number of halogens is 1. The van der Waals surface area contributed by atoms with Crippen molar-refractivity contribution in [2.45, 2.75) is 24.9 Å². The summed E-state index contributed by atoms with van der Waals surface area (Å²) in [5, 5.41) is 20.7. The SMILES string of the molecule is O=C(NCC1CNCC1O)c1nc(C2CC2)n(-c2ccccc2Cl)n1. The molecule has 1 amide bonds. The van der Waals surface area contributed by atoms with E-state index in [0.717, 1.165) is 24.4 Å². The van der Waals surface area contributed by atoms with Gasteiger partial charge in [-0.05, 0) is 25.0 Å². The summed E-state index contributed by atoms with van der Waals surface area (Å²) in [5.41, 5.74) is 0.730. The molecule has 0 spiro atoms. The van der Waals surface area contributed by atoms with E-state index in [2.05, 4.69) is 20.7 Å². The molecule has 25 heavy (non-hydrogen) atoms. The minimum absolute atomic E-state index is 0.0116. The summed E-state index contributed by atoms with van der Waals surface area (Å²) in [6.07, 6.45) is 1.66. The van der Waals surface area contributed by atoms with E-state index in [1.807, 2.05) is 18.2 Å². The number of carbonyl (C=O) groups is 1. The fourth-order valence-electron chi connectivity index (χ4n) is 3.06. The Morgan fingerprint density at radius 2 is 2.16 bits per heavy atom. The van der Waals surface area contributed by atoms with Crippen LogP contribution in [0, 0.1) is 5.92 Å². The van der Waals surface area contributed by atoms with E-state index in [0.29, 0.717) is 30.6 Å². The largest absolute Gasteiger partial charge is 0.391 e. The van der Waals surface area contributed by atoms with Crippen molar-refractivity contribution in [3.63, 3.8) is 0 Å². The monoisotopic (exact) mass is 361 g/mol. The number of nitrogens with one attached hydrogen (secondary N) is 2. The van der Waals surface area contributed by atoms with Gasteiger partial charge in [0.2, 0.25) is 5.82 Å². The molecule has 2 heterocycles. The van der Waals surface area contributed by atoms with Crippen LogP contribution < -0.4 is 10.6 Å². The molecule has 8 heteroatoms. The van der Waals surface area contributed by atoms with Gasteiger partial charge in [0.15, 0.2) is 0 Å². The van der Waals surface area contributed by atoms with Crippen LogP contribution in [0.3, 0.4) is 0 Å². The predicted octanol–water partition coefficient (Wildman–Crippen LogP) is 1.11. The molecule has 2 aromatic rings. The highest BCUT2D eigenvalue weighted by atomic mass is 35.5. The van der Waals surface area contributed by atoms with Crippen molar-refractivity contribution in [1.82, 2.24) is 25.4 Å². The van der Waals surface area contributed by atoms with Gasteiger partial charge in [0, 0.05) is 31.5 Å². The zero-order valence-corrected chi connectivity index (χ0v) is 14.4. The summed E-state index contributed by atoms with van der Waals surface area (Å²) in [6, 6.07) is 7.40. The van der Waals surface area contributed by atoms with Crippen molar-refractivity contribution < 1.29 is 9.90 Å². The number of β-amino-alcohol motifs (C(OH)–C–C–N with tert-alkyl or cyclic N) is 1. The second-order valence-electron chi connectivity index (χ2n) is 6.63. The number of rotatable bonds is 5. The van der Waals surface area contributed by atoms with E-state index in [1.54, 1.807) is 10.7 Å². The highest BCUT2D eigenvalue weighted by molar-refractivity contribution is 6.32. The maximum atomic E-state index is 12.4. The van der Waals surface area contributed by atoms with Crippen LogP contribution in [-0.2, 0) is 0 Å². The average molecular weight is 362 g/mol. The predicted molar refractivity (Wildman–Crippen MR) is 93.0 cm³/mol. The van der Waals surface area contributed by atoms with E-state index in [4.69, 9.17) is 11.6 Å². The number of amides is 1. The van der Waals surface area contributed by atoms with Gasteiger partial charge in [-0.15, -0.1) is 5.10 Å². The van der Waals surface area contributed by atoms with Crippen molar-refractivity contribution >= 4 is 17.5 Å². The fourth-order valence-corrected chi connectivity index (χ4v) is 3.27. The number of nitrogens with zero attached hydrogens (tertiary/aromatic N) is 3. The molecule has 1 aromatic heterocycles. The molecule has 1 saturated carbocycles. The van der Waals surface area contributed by atoms with Crippen LogP contribution >= 0.6 is 11.6 Å². The number of aliphatic hydroxyl groups is 1. The Labute approximate surface area is 150 Å². The highest BCUT2D eigenvalue weighted by Gasteiger charge is 2.32. The van der Waals surface area contributed by atoms with Crippen LogP contribution in [0.1, 0.15) is 35.2 Å². The number of aliphatic hydroxyl groups excluding tert-OH is 1. The van der Waals surface area contributed by atoms with Crippen molar-refractivity contribution in [2.24, 2.45) is 5.92 Å². The van der Waals surface area contributed by atoms with Gasteiger partial charge in [-0.3, -0.25) is 4.79 Å². The van der Waals surface area contributed by atoms with Gasteiger partial charge in [0.05, 0.1) is 16.8 Å². The van der Waals surface area contributed by atoms with Crippen LogP contribution in [0.4, 0.5) is 0 Å². The lowest BCUT2D eigenvalue weighted by atomic mass is 10.1. The van der Waals surface area contributed by atoms with Gasteiger partial charge in [-0.25, -0.2) is 9.67 Å². The molecule has 2 fully saturated rings. The molecule has 1 aromatic carbocycles. The first-order valence-electron chi connectivity index (χ1n) is 8.52. The molecule has 2 atom stereocenters. The lowest BCUT2D eigenvalue weighted by molar-refractivity contribution is 0.0917. The molecular weight excluding hydrogens is 342 g/mol. The first-order chi connectivity index (χ1) is 12.1. The molecule has 1 saturated heterocycles. The highest BCUT2D eigenvalue weighted by Crippen LogP contribution is 2.40. The van der Waals surface area contributed by atoms with Gasteiger partial charge in [-0.2, -0.15) is 0 Å². The van der Waals surface area contributed by atoms with Gasteiger partial charge in [0.1, 0.15) is 5.82 Å². The van der Waals surface area contributed by atoms with E-state index >= 15 is 0 Å². The average Bonchev–Trinajstić information content (AvgIpc) is 3.23. The van der Waals surface area contributed by atoms with E-state index < -0.39 is 6.10 Å². The molecule has 7 nitrogen and oxygen atoms in total. The normalized spacial score (nSPS) is 23.0. The minimum Gasteiger partial charge on any atom is -0.391 e. The third kappa shape index (κ3) is 3.40. The second-order valence-corrected chi connectivity index (χ2v) is 7.03. The Morgan fingerprint density at radius 1 is 1.36 bits per heavy atom. The number of hydrogen-bond acceptors (Lipinski definition) is 5. The Hall–Kier alpha value is -1.96. The molecule has 0 radical (unpaired) electrons. The maximum absolute atomic E-state index is 12.4. The summed E-state index contributed by atoms with van der Waals surface area (Å²) >= 11 is 6.28. The lowest BCUT2D eigenvalue weighted by Gasteiger charge is -2.12. The standard InChI is InChI=1S/C17H20ClN5O2/c18-12-3-1-2-4-13(12)23-16(10-5-6-10)21-15(22-23)17(25)20-8-11-7-19-9-14(11)24/h1-4,10-11,14,19,24H,5-9H2,(H,20,25). The number of carbonyl (C=O) groups excluding carboxylic acids is 1. The van der Waals surface area contributed by atoms with Crippen LogP contribution in [0.2, 0.25) is 5.02 Å². The third-order valence-electron chi connectivity index (χ3n) is 4.69. The Morgan fingerprint density at radius 3 is 2.84 bits per heavy atom. The fraction of sp³-hybridized carbons (Fsp3) is 0.471. The van der Waals surface area contributed by atoms with E-state index in [-0.39, 0.29) is 17.6 Å². The second kappa shape index (κ2) is 6.74. The smallest absolute Gasteiger partial charge is 0.290 e. The first-order valence-corrected chi connectivity index (χ1v) is 8.90. The molecular formula is C17H20ClN5O2. The van der Waals surface area contributed by atoms with Crippen molar-refractivity contribution in [2.75, 3.05) is 19.6 Å². The van der Waals surface area contributed by atoms with Gasteiger partial charge in [-0.1, -0.05) is 23.7 Å². The molecule has 0 bridgehead atoms. The number of benzene rings is 1. The van der Waals surface area contributed by atoms with Crippen molar-refractivity contribution in [3.8, 4) is 5.69 Å². The quantitative estimate of drug-likeness (QED) is 0.742. The number of para-hydroxylation sites is 1. The Kier molecular flexibility index (Phi) is 4.45. The molecule has 2 unspecified atom stereocenters. The zero-order valence-electron chi connectivity index (χ0n) is 13.7. The summed E-state index contributed by atoms with van der Waals surface area (Å²) in [4.78, 5) is 16.9. The van der Waals surface area contributed by atoms with E-state index in [1.165, 1.54) is 0 Å². The van der Waals surface area contributed by atoms with Crippen LogP contribution in [0.25, 0.3) is 5.69 Å². The molecule has 1 aliphatic heterocycles. The number of hydrogen-bond donors (Lipinski definition) is 3. The summed E-state index contributed by atoms with van der Waals surface area (Å²) in [6.45, 7) is 1.65. The number of aromatic nitrogens is 3.